The van der Waals surface area contributed by atoms with Gasteiger partial charge in [-0.15, -0.1) is 10.2 Å². The lowest BCUT2D eigenvalue weighted by Gasteiger charge is -2.16. The minimum atomic E-state index is -0.771. The minimum absolute atomic E-state index is 0.107. The van der Waals surface area contributed by atoms with Gasteiger partial charge in [0.05, 0.1) is 12.9 Å². The number of nitrogens with two attached hydrogens (primary N) is 1. The van der Waals surface area contributed by atoms with Gasteiger partial charge in [-0.1, -0.05) is 41.3 Å². The molecule has 2 aromatic heterocycles. The number of hydrogen-bond donors (Lipinski definition) is 3. The molecule has 4 N–H and O–H groups in total. The number of rotatable bonds is 7. The largest absolute Gasteiger partial charge is 0.467 e. The molecule has 26 heavy (non-hydrogen) atoms. The van der Waals surface area contributed by atoms with E-state index in [2.05, 4.69) is 20.5 Å². The predicted octanol–water partition coefficient (Wildman–Crippen LogP) is 1.59. The van der Waals surface area contributed by atoms with Crippen LogP contribution in [0.4, 0.5) is 5.13 Å². The summed E-state index contributed by atoms with van der Waals surface area (Å²) in [6.07, 6.45) is 2.17. The standard InChI is InChI=1S/C16H17N5O3S2/c1-24-14(23)12(6-9-7-18-11-5-3-2-4-10(9)11)19-13(22)8-25-16-21-20-15(17)26-16/h2-5,7,12,18H,6,8H2,1H3,(H2,17,20)(H,19,22)/t12-/m1/s1. The molecule has 3 aromatic rings. The average Bonchev–Trinajstić information content (AvgIpc) is 3.25. The highest BCUT2D eigenvalue weighted by atomic mass is 32.2. The van der Waals surface area contributed by atoms with Crippen molar-refractivity contribution in [2.75, 3.05) is 18.6 Å². The number of nitrogens with one attached hydrogen (secondary N) is 2. The lowest BCUT2D eigenvalue weighted by Crippen LogP contribution is -2.43. The second-order valence-electron chi connectivity index (χ2n) is 5.40. The fraction of sp³-hybridized carbons (Fsp3) is 0.250. The summed E-state index contributed by atoms with van der Waals surface area (Å²) >= 11 is 2.42. The number of carbonyl (C=O) groups excluding carboxylic acids is 2. The number of aromatic nitrogens is 3. The Hall–Kier alpha value is -2.59. The third-order valence-electron chi connectivity index (χ3n) is 3.67. The van der Waals surface area contributed by atoms with Crippen LogP contribution in [0.1, 0.15) is 5.56 Å². The number of amides is 1. The van der Waals surface area contributed by atoms with E-state index in [-0.39, 0.29) is 11.7 Å². The van der Waals surface area contributed by atoms with Crippen LogP contribution in [0.15, 0.2) is 34.8 Å². The number of aromatic amines is 1. The first-order valence-corrected chi connectivity index (χ1v) is 9.51. The topological polar surface area (TPSA) is 123 Å². The fourth-order valence-electron chi connectivity index (χ4n) is 2.50. The molecule has 0 spiro atoms. The summed E-state index contributed by atoms with van der Waals surface area (Å²) in [6.45, 7) is 0. The van der Waals surface area contributed by atoms with Crippen LogP contribution in [0.3, 0.4) is 0 Å². The predicted molar refractivity (Wildman–Crippen MR) is 101 cm³/mol. The molecular formula is C16H17N5O3S2. The zero-order valence-corrected chi connectivity index (χ0v) is 15.5. The third kappa shape index (κ3) is 4.33. The van der Waals surface area contributed by atoms with Crippen LogP contribution < -0.4 is 11.1 Å². The molecule has 0 saturated heterocycles. The molecule has 0 aliphatic rings. The van der Waals surface area contributed by atoms with Gasteiger partial charge in [-0.2, -0.15) is 0 Å². The molecule has 136 valence electrons. The maximum absolute atomic E-state index is 12.2. The van der Waals surface area contributed by atoms with E-state index in [9.17, 15) is 9.59 Å². The van der Waals surface area contributed by atoms with E-state index >= 15 is 0 Å². The molecule has 0 fully saturated rings. The summed E-state index contributed by atoms with van der Waals surface area (Å²) in [5, 5.41) is 11.6. The monoisotopic (exact) mass is 391 g/mol. The highest BCUT2D eigenvalue weighted by molar-refractivity contribution is 8.01. The van der Waals surface area contributed by atoms with Crippen LogP contribution in [0, 0.1) is 0 Å². The zero-order chi connectivity index (χ0) is 18.5. The first-order chi connectivity index (χ1) is 12.6. The van der Waals surface area contributed by atoms with Crippen molar-refractivity contribution in [1.29, 1.82) is 0 Å². The number of fused-ring (bicyclic) bond motifs is 1. The highest BCUT2D eigenvalue weighted by Gasteiger charge is 2.23. The fourth-order valence-corrected chi connectivity index (χ4v) is 3.95. The number of nitrogen functional groups attached to an aromatic ring is 1. The van der Waals surface area contributed by atoms with Gasteiger partial charge in [0, 0.05) is 23.5 Å². The van der Waals surface area contributed by atoms with Crippen molar-refractivity contribution in [3.05, 3.63) is 36.0 Å². The SMILES string of the molecule is COC(=O)[C@@H](Cc1c[nH]c2ccccc12)NC(=O)CSc1nnc(N)s1. The molecule has 0 aliphatic heterocycles. The van der Waals surface area contributed by atoms with Gasteiger partial charge in [0.25, 0.3) is 0 Å². The molecule has 0 saturated carbocycles. The molecule has 10 heteroatoms. The summed E-state index contributed by atoms with van der Waals surface area (Å²) in [7, 11) is 1.30. The molecular weight excluding hydrogens is 374 g/mol. The Kier molecular flexibility index (Phi) is 5.74. The maximum Gasteiger partial charge on any atom is 0.328 e. The number of esters is 1. The van der Waals surface area contributed by atoms with Gasteiger partial charge in [-0.25, -0.2) is 4.79 Å². The summed E-state index contributed by atoms with van der Waals surface area (Å²) in [5.41, 5.74) is 7.42. The lowest BCUT2D eigenvalue weighted by atomic mass is 10.0. The molecule has 1 amide bonds. The van der Waals surface area contributed by atoms with E-state index in [1.807, 2.05) is 30.5 Å². The summed E-state index contributed by atoms with van der Waals surface area (Å²) in [4.78, 5) is 27.5. The molecule has 0 aliphatic carbocycles. The Labute approximate surface area is 157 Å². The number of thioether (sulfide) groups is 1. The van der Waals surface area contributed by atoms with Gasteiger partial charge in [-0.3, -0.25) is 4.79 Å². The second kappa shape index (κ2) is 8.19. The summed E-state index contributed by atoms with van der Waals surface area (Å²) < 4.78 is 5.43. The number of ether oxygens (including phenoxy) is 1. The molecule has 3 rings (SSSR count). The smallest absolute Gasteiger partial charge is 0.328 e. The first kappa shape index (κ1) is 18.2. The molecule has 0 bridgehead atoms. The number of benzene rings is 1. The Bertz CT molecular complexity index is 923. The van der Waals surface area contributed by atoms with Crippen molar-refractivity contribution in [3.8, 4) is 0 Å². The van der Waals surface area contributed by atoms with Crippen LogP contribution in [-0.4, -0.2) is 46.0 Å². The van der Waals surface area contributed by atoms with Gasteiger partial charge < -0.3 is 20.8 Å². The van der Waals surface area contributed by atoms with Crippen molar-refractivity contribution in [2.45, 2.75) is 16.8 Å². The van der Waals surface area contributed by atoms with Gasteiger partial charge >= 0.3 is 5.97 Å². The van der Waals surface area contributed by atoms with Crippen LogP contribution in [-0.2, 0) is 20.7 Å². The van der Waals surface area contributed by atoms with Crippen molar-refractivity contribution < 1.29 is 14.3 Å². The maximum atomic E-state index is 12.2. The van der Waals surface area contributed by atoms with Crippen molar-refractivity contribution >= 4 is 51.0 Å². The van der Waals surface area contributed by atoms with E-state index in [0.717, 1.165) is 16.5 Å². The normalized spacial score (nSPS) is 12.0. The summed E-state index contributed by atoms with van der Waals surface area (Å²) in [5.74, 6) is -0.677. The number of hydrogen-bond acceptors (Lipinski definition) is 8. The van der Waals surface area contributed by atoms with Crippen molar-refractivity contribution in [1.82, 2.24) is 20.5 Å². The minimum Gasteiger partial charge on any atom is -0.467 e. The third-order valence-corrected chi connectivity index (χ3v) is 5.55. The van der Waals surface area contributed by atoms with Crippen molar-refractivity contribution in [3.63, 3.8) is 0 Å². The van der Waals surface area contributed by atoms with Crippen molar-refractivity contribution in [2.24, 2.45) is 0 Å². The number of H-pyrrole nitrogens is 1. The lowest BCUT2D eigenvalue weighted by molar-refractivity contribution is -0.144. The van der Waals surface area contributed by atoms with E-state index < -0.39 is 12.0 Å². The van der Waals surface area contributed by atoms with Gasteiger partial charge in [0.2, 0.25) is 11.0 Å². The second-order valence-corrected chi connectivity index (χ2v) is 7.63. The van der Waals surface area contributed by atoms with Crippen LogP contribution in [0.5, 0.6) is 0 Å². The molecule has 2 heterocycles. The zero-order valence-electron chi connectivity index (χ0n) is 13.9. The molecule has 0 unspecified atom stereocenters. The van der Waals surface area contributed by atoms with E-state index in [1.165, 1.54) is 30.2 Å². The Morgan fingerprint density at radius 3 is 2.92 bits per heavy atom. The number of anilines is 1. The summed E-state index contributed by atoms with van der Waals surface area (Å²) in [6, 6.07) is 7.00. The van der Waals surface area contributed by atoms with E-state index in [4.69, 9.17) is 10.5 Å². The molecule has 1 aromatic carbocycles. The van der Waals surface area contributed by atoms with Gasteiger partial charge in [-0.05, 0) is 11.6 Å². The van der Waals surface area contributed by atoms with Gasteiger partial charge in [0.1, 0.15) is 6.04 Å². The Morgan fingerprint density at radius 1 is 1.38 bits per heavy atom. The average molecular weight is 391 g/mol. The first-order valence-electron chi connectivity index (χ1n) is 7.70. The van der Waals surface area contributed by atoms with Crippen LogP contribution in [0.25, 0.3) is 10.9 Å². The number of nitrogens with zero attached hydrogens (tertiary/aromatic N) is 2. The molecule has 8 nitrogen and oxygen atoms in total. The van der Waals surface area contributed by atoms with Gasteiger partial charge in [0.15, 0.2) is 4.34 Å². The Morgan fingerprint density at radius 2 is 2.19 bits per heavy atom. The highest BCUT2D eigenvalue weighted by Crippen LogP contribution is 2.23. The van der Waals surface area contributed by atoms with Crippen LogP contribution in [0.2, 0.25) is 0 Å². The Balaban J connectivity index is 1.66. The van der Waals surface area contributed by atoms with E-state index in [0.29, 0.717) is 15.9 Å². The van der Waals surface area contributed by atoms with Crippen LogP contribution >= 0.6 is 23.1 Å². The van der Waals surface area contributed by atoms with E-state index in [1.54, 1.807) is 0 Å². The molecule has 1 atom stereocenters. The molecule has 0 radical (unpaired) electrons. The number of carbonyl (C=O) groups is 2. The number of para-hydroxylation sites is 1. The number of methoxy groups -OCH3 is 1. The quantitative estimate of drug-likeness (QED) is 0.413.